The van der Waals surface area contributed by atoms with Gasteiger partial charge in [-0.05, 0) is 41.3 Å². The van der Waals surface area contributed by atoms with Crippen LogP contribution in [0.3, 0.4) is 0 Å². The van der Waals surface area contributed by atoms with E-state index in [9.17, 15) is 8.42 Å². The maximum Gasteiger partial charge on any atom is 0.243 e. The summed E-state index contributed by atoms with van der Waals surface area (Å²) < 4.78 is 27.1. The number of aliphatic hydroxyl groups is 1. The van der Waals surface area contributed by atoms with E-state index in [1.807, 2.05) is 37.3 Å². The van der Waals surface area contributed by atoms with Crippen LogP contribution in [-0.4, -0.2) is 30.9 Å². The Morgan fingerprint density at radius 2 is 1.72 bits per heavy atom. The van der Waals surface area contributed by atoms with Gasteiger partial charge in [-0.1, -0.05) is 54.6 Å². The lowest BCUT2D eigenvalue weighted by Crippen LogP contribution is -2.28. The van der Waals surface area contributed by atoms with Crippen molar-refractivity contribution < 1.29 is 13.5 Å². The second-order valence-electron chi connectivity index (χ2n) is 6.26. The smallest absolute Gasteiger partial charge is 0.243 e. The molecular formula is C20H21NO3S. The zero-order valence-electron chi connectivity index (χ0n) is 14.1. The molecule has 0 atom stereocenters. The molecule has 0 bridgehead atoms. The van der Waals surface area contributed by atoms with Crippen LogP contribution in [0.4, 0.5) is 0 Å². The fraction of sp³-hybridized carbons (Fsp3) is 0.200. The van der Waals surface area contributed by atoms with Crippen LogP contribution in [0.25, 0.3) is 6.08 Å². The molecular weight excluding hydrogens is 334 g/mol. The Labute approximate surface area is 148 Å². The average molecular weight is 355 g/mol. The van der Waals surface area contributed by atoms with Crippen LogP contribution in [0.5, 0.6) is 0 Å². The number of aryl methyl sites for hydroxylation is 1. The molecule has 0 spiro atoms. The number of benzene rings is 2. The number of hydrogen-bond acceptors (Lipinski definition) is 3. The van der Waals surface area contributed by atoms with E-state index in [2.05, 4.69) is 6.58 Å². The van der Waals surface area contributed by atoms with Gasteiger partial charge in [0.05, 0.1) is 11.5 Å². The molecule has 1 aliphatic rings. The van der Waals surface area contributed by atoms with Gasteiger partial charge < -0.3 is 5.11 Å². The van der Waals surface area contributed by atoms with Crippen LogP contribution in [0.2, 0.25) is 0 Å². The molecule has 2 aromatic rings. The minimum atomic E-state index is -3.53. The summed E-state index contributed by atoms with van der Waals surface area (Å²) in [5.41, 5.74) is 4.55. The minimum absolute atomic E-state index is 0.00608. The normalized spacial score (nSPS) is 17.4. The van der Waals surface area contributed by atoms with Gasteiger partial charge in [-0.25, -0.2) is 8.42 Å². The molecule has 1 fully saturated rings. The van der Waals surface area contributed by atoms with Crippen LogP contribution >= 0.6 is 0 Å². The monoisotopic (exact) mass is 355 g/mol. The third-order valence-electron chi connectivity index (χ3n) is 4.33. The van der Waals surface area contributed by atoms with Gasteiger partial charge in [0.15, 0.2) is 0 Å². The number of hydrogen-bond donors (Lipinski definition) is 1. The van der Waals surface area contributed by atoms with Crippen LogP contribution in [0, 0.1) is 6.92 Å². The molecule has 1 saturated heterocycles. The highest BCUT2D eigenvalue weighted by molar-refractivity contribution is 7.89. The second kappa shape index (κ2) is 6.96. The number of sulfonamides is 1. The van der Waals surface area contributed by atoms with Gasteiger partial charge in [0, 0.05) is 13.1 Å². The SMILES string of the molecule is C=C1CN(S(=O)(=O)c2ccc(C)cc2)C/C1=C\c1ccc(CO)cc1. The van der Waals surface area contributed by atoms with Crippen molar-refractivity contribution >= 4 is 16.1 Å². The summed E-state index contributed by atoms with van der Waals surface area (Å²) in [7, 11) is -3.53. The zero-order valence-corrected chi connectivity index (χ0v) is 15.0. The Morgan fingerprint density at radius 1 is 1.08 bits per heavy atom. The molecule has 0 amide bonds. The third kappa shape index (κ3) is 3.74. The van der Waals surface area contributed by atoms with E-state index in [1.165, 1.54) is 4.31 Å². The van der Waals surface area contributed by atoms with E-state index in [4.69, 9.17) is 5.11 Å². The lowest BCUT2D eigenvalue weighted by atomic mass is 10.1. The molecule has 2 aromatic carbocycles. The molecule has 0 aliphatic carbocycles. The Bertz CT molecular complexity index is 910. The first-order valence-corrected chi connectivity index (χ1v) is 9.49. The van der Waals surface area contributed by atoms with Gasteiger partial charge in [-0.15, -0.1) is 0 Å². The molecule has 25 heavy (non-hydrogen) atoms. The fourth-order valence-electron chi connectivity index (χ4n) is 2.77. The first kappa shape index (κ1) is 17.6. The number of nitrogens with zero attached hydrogens (tertiary/aromatic N) is 1. The largest absolute Gasteiger partial charge is 0.392 e. The standard InChI is InChI=1S/C20H21NO3S/c1-15-3-9-20(10-4-15)25(23,24)21-12-16(2)19(13-21)11-17-5-7-18(14-22)8-6-17/h3-11,22H,2,12-14H2,1H3/b19-11+. The van der Waals surface area contributed by atoms with Crippen LogP contribution in [0.15, 0.2) is 71.2 Å². The maximum absolute atomic E-state index is 12.8. The average Bonchev–Trinajstić information content (AvgIpc) is 2.97. The molecule has 3 rings (SSSR count). The highest BCUT2D eigenvalue weighted by Gasteiger charge is 2.31. The van der Waals surface area contributed by atoms with Crippen molar-refractivity contribution in [1.82, 2.24) is 4.31 Å². The Kier molecular flexibility index (Phi) is 4.90. The summed E-state index contributed by atoms with van der Waals surface area (Å²) in [6.45, 7) is 6.57. The third-order valence-corrected chi connectivity index (χ3v) is 6.14. The molecule has 1 aliphatic heterocycles. The number of aliphatic hydroxyl groups excluding tert-OH is 1. The highest BCUT2D eigenvalue weighted by atomic mass is 32.2. The quantitative estimate of drug-likeness (QED) is 0.917. The Hall–Kier alpha value is -2.21. The molecule has 4 nitrogen and oxygen atoms in total. The van der Waals surface area contributed by atoms with Crippen molar-refractivity contribution in [2.75, 3.05) is 13.1 Å². The van der Waals surface area contributed by atoms with Crippen molar-refractivity contribution in [3.63, 3.8) is 0 Å². The molecule has 1 heterocycles. The van der Waals surface area contributed by atoms with E-state index >= 15 is 0 Å². The zero-order chi connectivity index (χ0) is 18.0. The number of rotatable bonds is 4. The van der Waals surface area contributed by atoms with Crippen LogP contribution in [-0.2, 0) is 16.6 Å². The lowest BCUT2D eigenvalue weighted by Gasteiger charge is -2.15. The summed E-state index contributed by atoms with van der Waals surface area (Å²) in [6, 6.07) is 14.4. The first-order valence-electron chi connectivity index (χ1n) is 8.05. The van der Waals surface area contributed by atoms with E-state index < -0.39 is 10.0 Å². The predicted molar refractivity (Wildman–Crippen MR) is 99.4 cm³/mol. The molecule has 5 heteroatoms. The van der Waals surface area contributed by atoms with Crippen molar-refractivity contribution in [2.45, 2.75) is 18.4 Å². The van der Waals surface area contributed by atoms with Gasteiger partial charge in [0.1, 0.15) is 0 Å². The molecule has 0 unspecified atom stereocenters. The van der Waals surface area contributed by atoms with Crippen molar-refractivity contribution in [1.29, 1.82) is 0 Å². The maximum atomic E-state index is 12.8. The Morgan fingerprint density at radius 3 is 2.32 bits per heavy atom. The summed E-state index contributed by atoms with van der Waals surface area (Å²) in [5.74, 6) is 0. The fourth-order valence-corrected chi connectivity index (χ4v) is 4.18. The van der Waals surface area contributed by atoms with Gasteiger partial charge in [-0.2, -0.15) is 4.31 Å². The lowest BCUT2D eigenvalue weighted by molar-refractivity contribution is 0.282. The van der Waals surface area contributed by atoms with Gasteiger partial charge in [0.25, 0.3) is 0 Å². The molecule has 0 aromatic heterocycles. The summed E-state index contributed by atoms with van der Waals surface area (Å²) in [6.07, 6.45) is 1.95. The van der Waals surface area contributed by atoms with Crippen molar-refractivity contribution in [3.8, 4) is 0 Å². The first-order chi connectivity index (χ1) is 11.9. The predicted octanol–water partition coefficient (Wildman–Crippen LogP) is 3.13. The van der Waals surface area contributed by atoms with E-state index in [0.29, 0.717) is 18.0 Å². The van der Waals surface area contributed by atoms with Gasteiger partial charge in [0.2, 0.25) is 10.0 Å². The van der Waals surface area contributed by atoms with E-state index in [0.717, 1.165) is 27.8 Å². The van der Waals surface area contributed by atoms with E-state index in [-0.39, 0.29) is 6.61 Å². The van der Waals surface area contributed by atoms with Crippen LogP contribution < -0.4 is 0 Å². The van der Waals surface area contributed by atoms with Gasteiger partial charge in [-0.3, -0.25) is 0 Å². The summed E-state index contributed by atoms with van der Waals surface area (Å²) in [5, 5.41) is 9.10. The van der Waals surface area contributed by atoms with Gasteiger partial charge >= 0.3 is 0 Å². The second-order valence-corrected chi connectivity index (χ2v) is 8.20. The van der Waals surface area contributed by atoms with Crippen molar-refractivity contribution in [2.24, 2.45) is 0 Å². The van der Waals surface area contributed by atoms with Crippen LogP contribution in [0.1, 0.15) is 16.7 Å². The highest BCUT2D eigenvalue weighted by Crippen LogP contribution is 2.28. The molecule has 0 radical (unpaired) electrons. The molecule has 130 valence electrons. The molecule has 1 N–H and O–H groups in total. The van der Waals surface area contributed by atoms with E-state index in [1.54, 1.807) is 24.3 Å². The Balaban J connectivity index is 1.83. The topological polar surface area (TPSA) is 57.6 Å². The summed E-state index contributed by atoms with van der Waals surface area (Å²) >= 11 is 0. The minimum Gasteiger partial charge on any atom is -0.392 e. The molecule has 0 saturated carbocycles. The van der Waals surface area contributed by atoms with Crippen molar-refractivity contribution in [3.05, 3.63) is 82.9 Å². The summed E-state index contributed by atoms with van der Waals surface area (Å²) in [4.78, 5) is 0.305.